The summed E-state index contributed by atoms with van der Waals surface area (Å²) in [6.45, 7) is 0. The van der Waals surface area contributed by atoms with Crippen molar-refractivity contribution in [2.75, 3.05) is 0 Å². The van der Waals surface area contributed by atoms with Gasteiger partial charge in [-0.25, -0.2) is 0 Å². The fourth-order valence-electron chi connectivity index (χ4n) is 0. The van der Waals surface area contributed by atoms with Crippen molar-refractivity contribution in [2.24, 2.45) is 0 Å². The van der Waals surface area contributed by atoms with Crippen molar-refractivity contribution in [3.63, 3.8) is 0 Å². The topological polar surface area (TPSA) is 0 Å². The number of hydrogen-bond donors (Lipinski definition) is 0. The molecule has 0 aliphatic carbocycles. The van der Waals surface area contributed by atoms with E-state index in [1.807, 2.05) is 0 Å². The second kappa shape index (κ2) is 1.62. The van der Waals surface area contributed by atoms with E-state index in [0.717, 1.165) is 0 Å². The summed E-state index contributed by atoms with van der Waals surface area (Å²) in [5.41, 5.74) is 0. The SMILES string of the molecule is [F][Cr]([F])[F]. The predicted molar refractivity (Wildman–Crippen MR) is 3.32 cm³/mol. The Morgan fingerprint density at radius 1 is 1.00 bits per heavy atom. The first-order valence-corrected chi connectivity index (χ1v) is 1.91. The van der Waals surface area contributed by atoms with E-state index in [1.54, 1.807) is 0 Å². The van der Waals surface area contributed by atoms with Gasteiger partial charge in [-0.1, -0.05) is 0 Å². The first-order chi connectivity index (χ1) is 1.73. The maximum atomic E-state index is 9.79. The Bertz CT molecular complexity index is 8.00. The fraction of sp³-hybridized carbons (Fsp3) is 0. The van der Waals surface area contributed by atoms with Crippen LogP contribution in [0.3, 0.4) is 0 Å². The molecule has 0 rings (SSSR count). The average Bonchev–Trinajstić information content (AvgIpc) is 0.811. The van der Waals surface area contributed by atoms with Gasteiger partial charge in [0, 0.05) is 0 Å². The molecule has 0 N–H and O–H groups in total. The second-order valence-electron chi connectivity index (χ2n) is 0.175. The molecule has 0 heterocycles. The molecule has 0 nitrogen and oxygen atoms in total. The third kappa shape index (κ3) is 39.1. The van der Waals surface area contributed by atoms with Crippen molar-refractivity contribution in [3.05, 3.63) is 0 Å². The van der Waals surface area contributed by atoms with Crippen LogP contribution in [-0.4, -0.2) is 0 Å². The molecular weight excluding hydrogens is 109 g/mol. The van der Waals surface area contributed by atoms with Crippen LogP contribution in [0, 0.1) is 0 Å². The first kappa shape index (κ1) is 4.32. The van der Waals surface area contributed by atoms with E-state index in [4.69, 9.17) is 0 Å². The van der Waals surface area contributed by atoms with Gasteiger partial charge in [0.2, 0.25) is 0 Å². The molecule has 4 heteroatoms. The molecule has 0 spiro atoms. The van der Waals surface area contributed by atoms with Gasteiger partial charge in [-0.2, -0.15) is 0 Å². The third-order valence-corrected chi connectivity index (χ3v) is 0. The molecule has 0 saturated carbocycles. The number of halogens is 3. The van der Waals surface area contributed by atoms with Crippen LogP contribution in [0.25, 0.3) is 0 Å². The van der Waals surface area contributed by atoms with Crippen LogP contribution >= 0.6 is 0 Å². The Hall–Kier alpha value is 0.322. The molecule has 0 amide bonds. The Morgan fingerprint density at radius 2 is 1.00 bits per heavy atom. The monoisotopic (exact) mass is 109 g/mol. The predicted octanol–water partition coefficient (Wildman–Crippen LogP) is 1.26. The second-order valence-corrected chi connectivity index (χ2v) is 0.721. The van der Waals surface area contributed by atoms with E-state index in [0.29, 0.717) is 0 Å². The van der Waals surface area contributed by atoms with Gasteiger partial charge in [-0.05, 0) is 0 Å². The van der Waals surface area contributed by atoms with Gasteiger partial charge < -0.3 is 0 Å². The molecule has 0 aromatic heterocycles. The molecule has 0 bridgehead atoms. The van der Waals surface area contributed by atoms with Crippen LogP contribution in [0.2, 0.25) is 0 Å². The maximum absolute atomic E-state index is 9.79. The minimum atomic E-state index is -4.54. The molecule has 0 atom stereocenters. The Morgan fingerprint density at radius 3 is 1.00 bits per heavy atom. The zero-order valence-corrected chi connectivity index (χ0v) is 2.82. The summed E-state index contributed by atoms with van der Waals surface area (Å²) in [6.07, 6.45) is 0. The van der Waals surface area contributed by atoms with E-state index < -0.39 is 15.5 Å². The van der Waals surface area contributed by atoms with E-state index in [1.165, 1.54) is 0 Å². The molecule has 0 radical (unpaired) electrons. The summed E-state index contributed by atoms with van der Waals surface area (Å²) >= 11 is -4.54. The van der Waals surface area contributed by atoms with Gasteiger partial charge in [-0.3, -0.25) is 0 Å². The molecule has 4 heavy (non-hydrogen) atoms. The van der Waals surface area contributed by atoms with Gasteiger partial charge in [0.05, 0.1) is 0 Å². The van der Waals surface area contributed by atoms with Crippen molar-refractivity contribution in [1.29, 1.82) is 0 Å². The minimum absolute atomic E-state index is 4.54. The third-order valence-electron chi connectivity index (χ3n) is 0. The Kier molecular flexibility index (Phi) is 1.75. The van der Waals surface area contributed by atoms with Crippen LogP contribution in [0.15, 0.2) is 0 Å². The normalized spacial score (nSPS) is 9.00. The van der Waals surface area contributed by atoms with Gasteiger partial charge in [0.15, 0.2) is 0 Å². The summed E-state index contributed by atoms with van der Waals surface area (Å²) in [5, 5.41) is 0. The van der Waals surface area contributed by atoms with Crippen molar-refractivity contribution in [3.8, 4) is 0 Å². The van der Waals surface area contributed by atoms with Crippen LogP contribution in [0.5, 0.6) is 0 Å². The molecule has 0 unspecified atom stereocenters. The zero-order valence-electron chi connectivity index (χ0n) is 1.54. The Balaban J connectivity index is 2.32. The van der Waals surface area contributed by atoms with Gasteiger partial charge in [-0.15, -0.1) is 0 Å². The zero-order chi connectivity index (χ0) is 3.58. The van der Waals surface area contributed by atoms with E-state index in [2.05, 4.69) is 0 Å². The van der Waals surface area contributed by atoms with E-state index >= 15 is 0 Å². The molecule has 0 aromatic carbocycles. The number of hydrogen-bond acceptors (Lipinski definition) is 0. The first-order valence-electron chi connectivity index (χ1n) is 0.463. The van der Waals surface area contributed by atoms with Gasteiger partial charge in [0.25, 0.3) is 0 Å². The fourth-order valence-corrected chi connectivity index (χ4v) is 0. The van der Waals surface area contributed by atoms with Crippen LogP contribution in [-0.2, 0) is 15.5 Å². The summed E-state index contributed by atoms with van der Waals surface area (Å²) in [5.74, 6) is 0. The van der Waals surface area contributed by atoms with Crippen molar-refractivity contribution >= 4 is 0 Å². The molecule has 0 saturated heterocycles. The molecule has 0 aliphatic rings. The number of rotatable bonds is 0. The Labute approximate surface area is 27.1 Å². The van der Waals surface area contributed by atoms with Crippen molar-refractivity contribution < 1.29 is 26.1 Å². The van der Waals surface area contributed by atoms with Crippen LogP contribution in [0.4, 0.5) is 10.6 Å². The quantitative estimate of drug-likeness (QED) is 0.439. The van der Waals surface area contributed by atoms with Gasteiger partial charge >= 0.3 is 26.1 Å². The molecule has 27 valence electrons. The summed E-state index contributed by atoms with van der Waals surface area (Å²) in [4.78, 5) is 0. The van der Waals surface area contributed by atoms with E-state index in [9.17, 15) is 10.6 Å². The van der Waals surface area contributed by atoms with E-state index in [-0.39, 0.29) is 0 Å². The van der Waals surface area contributed by atoms with Crippen LogP contribution < -0.4 is 0 Å². The summed E-state index contributed by atoms with van der Waals surface area (Å²) < 4.78 is 29.4. The summed E-state index contributed by atoms with van der Waals surface area (Å²) in [7, 11) is 0. The van der Waals surface area contributed by atoms with Crippen molar-refractivity contribution in [2.45, 2.75) is 0 Å². The van der Waals surface area contributed by atoms with Crippen LogP contribution in [0.1, 0.15) is 0 Å². The average molecular weight is 109 g/mol. The molecule has 0 aliphatic heterocycles. The van der Waals surface area contributed by atoms with Gasteiger partial charge in [0.1, 0.15) is 0 Å². The summed E-state index contributed by atoms with van der Waals surface area (Å²) in [6, 6.07) is 0. The molecule has 0 fully saturated rings. The standard InChI is InChI=1S/Cr.3FH/h;3*1H/q+3;;;/p-3. The molecule has 0 aromatic rings. The molecular formula is CrF3. The van der Waals surface area contributed by atoms with Crippen molar-refractivity contribution in [1.82, 2.24) is 0 Å².